The Balaban J connectivity index is 2.11. The van der Waals surface area contributed by atoms with Crippen LogP contribution in [0.25, 0.3) is 0 Å². The molecule has 1 atom stereocenters. The molecule has 1 amide bonds. The van der Waals surface area contributed by atoms with E-state index in [1.54, 1.807) is 17.1 Å². The van der Waals surface area contributed by atoms with Crippen molar-refractivity contribution in [3.63, 3.8) is 0 Å². The maximum atomic E-state index is 12.2. The predicted octanol–water partition coefficient (Wildman–Crippen LogP) is 3.45. The summed E-state index contributed by atoms with van der Waals surface area (Å²) in [6.45, 7) is 3.98. The summed E-state index contributed by atoms with van der Waals surface area (Å²) >= 11 is 3.03. The average molecular weight is 307 g/mol. The zero-order valence-corrected chi connectivity index (χ0v) is 13.3. The Morgan fingerprint density at radius 2 is 2.25 bits per heavy atom. The molecule has 0 aliphatic heterocycles. The second-order valence-corrected chi connectivity index (χ2v) is 6.25. The van der Waals surface area contributed by atoms with E-state index < -0.39 is 0 Å². The van der Waals surface area contributed by atoms with Gasteiger partial charge in [0.15, 0.2) is 0 Å². The highest BCUT2D eigenvalue weighted by molar-refractivity contribution is 8.00. The Kier molecular flexibility index (Phi) is 5.14. The minimum Gasteiger partial charge on any atom is -0.342 e. The van der Waals surface area contributed by atoms with Crippen LogP contribution in [0.5, 0.6) is 0 Å². The van der Waals surface area contributed by atoms with Gasteiger partial charge in [0.2, 0.25) is 0 Å². The molecule has 0 fully saturated rings. The number of nitrogens with zero attached hydrogens (tertiary/aromatic N) is 2. The van der Waals surface area contributed by atoms with Crippen molar-refractivity contribution in [1.82, 2.24) is 15.3 Å². The maximum Gasteiger partial charge on any atom is 0.271 e. The molecular formula is C14H17N3OS2. The van der Waals surface area contributed by atoms with Gasteiger partial charge in [-0.1, -0.05) is 24.8 Å². The van der Waals surface area contributed by atoms with Crippen LogP contribution in [0.4, 0.5) is 0 Å². The van der Waals surface area contributed by atoms with Gasteiger partial charge in [-0.15, -0.1) is 11.3 Å². The lowest BCUT2D eigenvalue weighted by molar-refractivity contribution is 0.0930. The Morgan fingerprint density at radius 3 is 2.85 bits per heavy atom. The molecule has 2 aromatic heterocycles. The van der Waals surface area contributed by atoms with E-state index in [1.165, 1.54) is 11.3 Å². The molecule has 1 N–H and O–H groups in total. The highest BCUT2D eigenvalue weighted by Crippen LogP contribution is 2.21. The van der Waals surface area contributed by atoms with Gasteiger partial charge < -0.3 is 5.32 Å². The number of thioether (sulfide) groups is 1. The molecule has 0 bridgehead atoms. The van der Waals surface area contributed by atoms with Gasteiger partial charge in [0.1, 0.15) is 10.0 Å². The van der Waals surface area contributed by atoms with Gasteiger partial charge in [0, 0.05) is 11.1 Å². The maximum absolute atomic E-state index is 12.2. The van der Waals surface area contributed by atoms with Crippen LogP contribution in [0, 0.1) is 6.92 Å². The summed E-state index contributed by atoms with van der Waals surface area (Å²) in [5.74, 6) is -0.142. The third-order valence-electron chi connectivity index (χ3n) is 2.87. The summed E-state index contributed by atoms with van der Waals surface area (Å²) in [5, 5.41) is 4.79. The Hall–Kier alpha value is -1.40. The largest absolute Gasteiger partial charge is 0.342 e. The van der Waals surface area contributed by atoms with Gasteiger partial charge in [-0.2, -0.15) is 0 Å². The van der Waals surface area contributed by atoms with E-state index in [2.05, 4.69) is 15.3 Å². The van der Waals surface area contributed by atoms with E-state index in [0.29, 0.717) is 5.69 Å². The number of carbonyl (C=O) groups is 1. The Morgan fingerprint density at radius 1 is 1.45 bits per heavy atom. The number of thiazole rings is 1. The van der Waals surface area contributed by atoms with Crippen LogP contribution < -0.4 is 5.32 Å². The third kappa shape index (κ3) is 3.58. The van der Waals surface area contributed by atoms with Gasteiger partial charge in [-0.25, -0.2) is 4.98 Å². The number of aryl methyl sites for hydroxylation is 1. The molecule has 2 heterocycles. The molecule has 20 heavy (non-hydrogen) atoms. The van der Waals surface area contributed by atoms with Crippen LogP contribution in [0.2, 0.25) is 0 Å². The summed E-state index contributed by atoms with van der Waals surface area (Å²) in [6.07, 6.45) is 2.74. The zero-order valence-electron chi connectivity index (χ0n) is 11.7. The SMILES string of the molecule is CC[C@H](NC(=O)c1csc(SC)n1)c1cccc(C)n1. The molecule has 6 heteroatoms. The molecule has 0 aliphatic rings. The molecule has 2 aromatic rings. The van der Waals surface area contributed by atoms with Crippen molar-refractivity contribution in [3.8, 4) is 0 Å². The molecule has 0 saturated carbocycles. The van der Waals surface area contributed by atoms with Crippen LogP contribution in [0.1, 0.15) is 41.3 Å². The first kappa shape index (κ1) is 15.0. The van der Waals surface area contributed by atoms with Gasteiger partial charge in [0.05, 0.1) is 11.7 Å². The second-order valence-electron chi connectivity index (χ2n) is 4.34. The van der Waals surface area contributed by atoms with E-state index in [4.69, 9.17) is 0 Å². The zero-order chi connectivity index (χ0) is 14.5. The lowest BCUT2D eigenvalue weighted by Gasteiger charge is -2.16. The van der Waals surface area contributed by atoms with Crippen LogP contribution in [0.3, 0.4) is 0 Å². The number of hydrogen-bond acceptors (Lipinski definition) is 5. The summed E-state index contributed by atoms with van der Waals surface area (Å²) < 4.78 is 0.900. The van der Waals surface area contributed by atoms with Crippen LogP contribution in [0.15, 0.2) is 27.9 Å². The standard InChI is InChI=1S/C14H17N3OS2/c1-4-10(11-7-5-6-9(2)15-11)16-13(18)12-8-20-14(17-12)19-3/h5-8,10H,4H2,1-3H3,(H,16,18)/t10-/m0/s1. The normalized spacial score (nSPS) is 12.2. The van der Waals surface area contributed by atoms with E-state index in [0.717, 1.165) is 22.1 Å². The van der Waals surface area contributed by atoms with E-state index >= 15 is 0 Å². The Bertz CT molecular complexity index is 598. The van der Waals surface area contributed by atoms with Crippen LogP contribution in [-0.4, -0.2) is 22.1 Å². The lowest BCUT2D eigenvalue weighted by atomic mass is 10.1. The average Bonchev–Trinajstić information content (AvgIpc) is 2.93. The molecule has 0 unspecified atom stereocenters. The number of hydrogen-bond donors (Lipinski definition) is 1. The van der Waals surface area contributed by atoms with Gasteiger partial charge >= 0.3 is 0 Å². The van der Waals surface area contributed by atoms with Gasteiger partial charge in [0.25, 0.3) is 5.91 Å². The second kappa shape index (κ2) is 6.85. The first-order valence-corrected chi connectivity index (χ1v) is 8.48. The lowest BCUT2D eigenvalue weighted by Crippen LogP contribution is -2.29. The fourth-order valence-corrected chi connectivity index (χ4v) is 3.07. The number of aromatic nitrogens is 2. The molecule has 0 spiro atoms. The molecule has 0 aromatic carbocycles. The van der Waals surface area contributed by atoms with Crippen LogP contribution >= 0.6 is 23.1 Å². The monoisotopic (exact) mass is 307 g/mol. The van der Waals surface area contributed by atoms with Crippen molar-refractivity contribution >= 4 is 29.0 Å². The number of rotatable bonds is 5. The van der Waals surface area contributed by atoms with Crippen molar-refractivity contribution in [1.29, 1.82) is 0 Å². The van der Waals surface area contributed by atoms with Gasteiger partial charge in [-0.3, -0.25) is 9.78 Å². The first-order chi connectivity index (χ1) is 9.63. The molecular weight excluding hydrogens is 290 g/mol. The minimum absolute atomic E-state index is 0.0816. The summed E-state index contributed by atoms with van der Waals surface area (Å²) in [6, 6.07) is 5.77. The van der Waals surface area contributed by atoms with E-state index in [1.807, 2.05) is 38.3 Å². The summed E-state index contributed by atoms with van der Waals surface area (Å²) in [7, 11) is 0. The fraction of sp³-hybridized carbons (Fsp3) is 0.357. The number of carbonyl (C=O) groups excluding carboxylic acids is 1. The topological polar surface area (TPSA) is 54.9 Å². The van der Waals surface area contributed by atoms with Crippen LogP contribution in [-0.2, 0) is 0 Å². The highest BCUT2D eigenvalue weighted by atomic mass is 32.2. The number of nitrogens with one attached hydrogen (secondary N) is 1. The quantitative estimate of drug-likeness (QED) is 0.860. The van der Waals surface area contributed by atoms with Crippen molar-refractivity contribution in [3.05, 3.63) is 40.7 Å². The number of pyridine rings is 1. The molecule has 4 nitrogen and oxygen atoms in total. The molecule has 106 valence electrons. The Labute approximate surface area is 127 Å². The molecule has 0 aliphatic carbocycles. The summed E-state index contributed by atoms with van der Waals surface area (Å²) in [4.78, 5) is 20.9. The highest BCUT2D eigenvalue weighted by Gasteiger charge is 2.17. The summed E-state index contributed by atoms with van der Waals surface area (Å²) in [5.41, 5.74) is 2.32. The van der Waals surface area contributed by atoms with Gasteiger partial charge in [-0.05, 0) is 31.7 Å². The van der Waals surface area contributed by atoms with Crippen molar-refractivity contribution in [2.45, 2.75) is 30.6 Å². The van der Waals surface area contributed by atoms with E-state index in [-0.39, 0.29) is 11.9 Å². The first-order valence-electron chi connectivity index (χ1n) is 6.38. The minimum atomic E-state index is -0.142. The molecule has 0 radical (unpaired) electrons. The predicted molar refractivity (Wildman–Crippen MR) is 83.4 cm³/mol. The number of amides is 1. The van der Waals surface area contributed by atoms with Crippen molar-refractivity contribution in [2.75, 3.05) is 6.26 Å². The molecule has 2 rings (SSSR count). The smallest absolute Gasteiger partial charge is 0.271 e. The fourth-order valence-electron chi connectivity index (χ4n) is 1.83. The van der Waals surface area contributed by atoms with Crippen molar-refractivity contribution < 1.29 is 4.79 Å². The molecule has 0 saturated heterocycles. The van der Waals surface area contributed by atoms with E-state index in [9.17, 15) is 4.79 Å². The van der Waals surface area contributed by atoms with Crippen molar-refractivity contribution in [2.24, 2.45) is 0 Å². The third-order valence-corrected chi connectivity index (χ3v) is 4.73.